The zero-order chi connectivity index (χ0) is 14.0. The van der Waals surface area contributed by atoms with Gasteiger partial charge in [-0.25, -0.2) is 0 Å². The van der Waals surface area contributed by atoms with Gasteiger partial charge in [0.25, 0.3) is 0 Å². The summed E-state index contributed by atoms with van der Waals surface area (Å²) in [5.74, 6) is 1.01. The molecule has 0 amide bonds. The van der Waals surface area contributed by atoms with Crippen molar-refractivity contribution >= 4 is 0 Å². The lowest BCUT2D eigenvalue weighted by atomic mass is 9.68. The lowest BCUT2D eigenvalue weighted by Crippen LogP contribution is -2.45. The van der Waals surface area contributed by atoms with E-state index in [1.54, 1.807) is 0 Å². The first kappa shape index (κ1) is 14.6. The third-order valence-corrected chi connectivity index (χ3v) is 4.95. The fraction of sp³-hybridized carbons (Fsp3) is 0.667. The number of aliphatic hydroxyl groups is 1. The molecule has 106 valence electrons. The second kappa shape index (κ2) is 5.66. The highest BCUT2D eigenvalue weighted by Gasteiger charge is 2.40. The predicted molar refractivity (Wildman–Crippen MR) is 81.4 cm³/mol. The SMILES string of the molecule is Cc1ccc(CC2(O)CCCCC2C(C)C)cc1C. The van der Waals surface area contributed by atoms with Crippen LogP contribution in [-0.2, 0) is 6.42 Å². The van der Waals surface area contributed by atoms with Crippen molar-refractivity contribution in [2.45, 2.75) is 65.4 Å². The molecule has 2 atom stereocenters. The van der Waals surface area contributed by atoms with Gasteiger partial charge in [0.2, 0.25) is 0 Å². The van der Waals surface area contributed by atoms with Crippen molar-refractivity contribution in [3.05, 3.63) is 34.9 Å². The summed E-state index contributed by atoms with van der Waals surface area (Å²) >= 11 is 0. The van der Waals surface area contributed by atoms with Crippen molar-refractivity contribution in [3.8, 4) is 0 Å². The molecule has 0 spiro atoms. The second-order valence-electron chi connectivity index (χ2n) is 6.80. The molecule has 1 N–H and O–H groups in total. The molecule has 0 radical (unpaired) electrons. The summed E-state index contributed by atoms with van der Waals surface area (Å²) in [6.07, 6.45) is 5.40. The summed E-state index contributed by atoms with van der Waals surface area (Å²) in [7, 11) is 0. The molecule has 1 aliphatic rings. The average molecular weight is 260 g/mol. The molecule has 1 fully saturated rings. The molecule has 19 heavy (non-hydrogen) atoms. The fourth-order valence-electron chi connectivity index (χ4n) is 3.69. The van der Waals surface area contributed by atoms with Crippen LogP contribution in [-0.4, -0.2) is 10.7 Å². The molecule has 1 nitrogen and oxygen atoms in total. The topological polar surface area (TPSA) is 20.2 Å². The predicted octanol–water partition coefficient (Wildman–Crippen LogP) is 4.42. The lowest BCUT2D eigenvalue weighted by molar-refractivity contribution is -0.0652. The van der Waals surface area contributed by atoms with E-state index in [4.69, 9.17) is 0 Å². The number of aryl methyl sites for hydroxylation is 2. The van der Waals surface area contributed by atoms with Gasteiger partial charge in [-0.1, -0.05) is 44.9 Å². The van der Waals surface area contributed by atoms with Gasteiger partial charge in [-0.3, -0.25) is 0 Å². The van der Waals surface area contributed by atoms with Crippen molar-refractivity contribution in [3.63, 3.8) is 0 Å². The van der Waals surface area contributed by atoms with E-state index in [1.165, 1.54) is 36.0 Å². The second-order valence-corrected chi connectivity index (χ2v) is 6.80. The van der Waals surface area contributed by atoms with E-state index in [-0.39, 0.29) is 0 Å². The molecule has 0 aliphatic heterocycles. The zero-order valence-corrected chi connectivity index (χ0v) is 12.9. The largest absolute Gasteiger partial charge is 0.389 e. The van der Waals surface area contributed by atoms with Gasteiger partial charge < -0.3 is 5.11 Å². The molecule has 0 heterocycles. The van der Waals surface area contributed by atoms with Gasteiger partial charge >= 0.3 is 0 Å². The Morgan fingerprint density at radius 1 is 1.21 bits per heavy atom. The van der Waals surface area contributed by atoms with Crippen LogP contribution >= 0.6 is 0 Å². The Morgan fingerprint density at radius 2 is 1.95 bits per heavy atom. The zero-order valence-electron chi connectivity index (χ0n) is 12.9. The normalized spacial score (nSPS) is 27.8. The van der Waals surface area contributed by atoms with Crippen LogP contribution in [0.4, 0.5) is 0 Å². The third-order valence-electron chi connectivity index (χ3n) is 4.95. The molecule has 0 bridgehead atoms. The molecular formula is C18H28O. The number of benzene rings is 1. The maximum Gasteiger partial charge on any atom is 0.0718 e. The van der Waals surface area contributed by atoms with Crippen molar-refractivity contribution in [2.75, 3.05) is 0 Å². The van der Waals surface area contributed by atoms with E-state index in [2.05, 4.69) is 45.9 Å². The van der Waals surface area contributed by atoms with Gasteiger partial charge in [0.05, 0.1) is 5.60 Å². The monoisotopic (exact) mass is 260 g/mol. The Hall–Kier alpha value is -0.820. The van der Waals surface area contributed by atoms with Gasteiger partial charge in [-0.2, -0.15) is 0 Å². The van der Waals surface area contributed by atoms with Crippen LogP contribution in [0, 0.1) is 25.7 Å². The highest BCUT2D eigenvalue weighted by molar-refractivity contribution is 5.31. The maximum absolute atomic E-state index is 11.1. The highest BCUT2D eigenvalue weighted by atomic mass is 16.3. The molecule has 2 rings (SSSR count). The summed E-state index contributed by atoms with van der Waals surface area (Å²) < 4.78 is 0. The van der Waals surface area contributed by atoms with Gasteiger partial charge in [0.1, 0.15) is 0 Å². The Morgan fingerprint density at radius 3 is 2.58 bits per heavy atom. The van der Waals surface area contributed by atoms with E-state index in [0.29, 0.717) is 11.8 Å². The lowest BCUT2D eigenvalue weighted by Gasteiger charge is -2.42. The minimum absolute atomic E-state index is 0.447. The first-order valence-electron chi connectivity index (χ1n) is 7.71. The van der Waals surface area contributed by atoms with Crippen LogP contribution in [0.15, 0.2) is 18.2 Å². The summed E-state index contributed by atoms with van der Waals surface area (Å²) in [4.78, 5) is 0. The van der Waals surface area contributed by atoms with E-state index < -0.39 is 5.60 Å². The van der Waals surface area contributed by atoms with Crippen molar-refractivity contribution < 1.29 is 5.11 Å². The summed E-state index contributed by atoms with van der Waals surface area (Å²) in [6.45, 7) is 8.80. The quantitative estimate of drug-likeness (QED) is 0.852. The van der Waals surface area contributed by atoms with Crippen LogP contribution in [0.2, 0.25) is 0 Å². The van der Waals surface area contributed by atoms with Crippen LogP contribution in [0.5, 0.6) is 0 Å². The van der Waals surface area contributed by atoms with Crippen LogP contribution < -0.4 is 0 Å². The van der Waals surface area contributed by atoms with Crippen molar-refractivity contribution in [1.82, 2.24) is 0 Å². The molecule has 1 aromatic rings. The minimum atomic E-state index is -0.492. The van der Waals surface area contributed by atoms with Crippen molar-refractivity contribution in [2.24, 2.45) is 11.8 Å². The molecule has 1 aromatic carbocycles. The minimum Gasteiger partial charge on any atom is -0.389 e. The smallest absolute Gasteiger partial charge is 0.0718 e. The Kier molecular flexibility index (Phi) is 4.35. The Labute approximate surface area is 118 Å². The van der Waals surface area contributed by atoms with E-state index in [9.17, 15) is 5.11 Å². The van der Waals surface area contributed by atoms with Gasteiger partial charge in [-0.05, 0) is 55.2 Å². The van der Waals surface area contributed by atoms with Crippen LogP contribution in [0.1, 0.15) is 56.2 Å². The molecule has 1 saturated carbocycles. The molecule has 0 aromatic heterocycles. The van der Waals surface area contributed by atoms with E-state index in [1.807, 2.05) is 0 Å². The van der Waals surface area contributed by atoms with E-state index >= 15 is 0 Å². The first-order chi connectivity index (χ1) is 8.92. The summed E-state index contributed by atoms with van der Waals surface area (Å²) in [5.41, 5.74) is 3.46. The van der Waals surface area contributed by atoms with Crippen LogP contribution in [0.3, 0.4) is 0 Å². The highest BCUT2D eigenvalue weighted by Crippen LogP contribution is 2.40. The number of rotatable bonds is 3. The molecular weight excluding hydrogens is 232 g/mol. The van der Waals surface area contributed by atoms with E-state index in [0.717, 1.165) is 12.8 Å². The molecule has 1 aliphatic carbocycles. The Balaban J connectivity index is 2.20. The van der Waals surface area contributed by atoms with Gasteiger partial charge in [0, 0.05) is 6.42 Å². The maximum atomic E-state index is 11.1. The Bertz CT molecular complexity index is 435. The first-order valence-corrected chi connectivity index (χ1v) is 7.71. The summed E-state index contributed by atoms with van der Waals surface area (Å²) in [6, 6.07) is 6.62. The van der Waals surface area contributed by atoms with Gasteiger partial charge in [-0.15, -0.1) is 0 Å². The average Bonchev–Trinajstić information content (AvgIpc) is 2.33. The molecule has 0 saturated heterocycles. The molecule has 1 heteroatoms. The van der Waals surface area contributed by atoms with Crippen LogP contribution in [0.25, 0.3) is 0 Å². The number of hydrogen-bond acceptors (Lipinski definition) is 1. The van der Waals surface area contributed by atoms with Crippen molar-refractivity contribution in [1.29, 1.82) is 0 Å². The third kappa shape index (κ3) is 3.20. The number of hydrogen-bond donors (Lipinski definition) is 1. The summed E-state index contributed by atoms with van der Waals surface area (Å²) in [5, 5.41) is 11.1. The molecule has 2 unspecified atom stereocenters. The van der Waals surface area contributed by atoms with Gasteiger partial charge in [0.15, 0.2) is 0 Å². The standard InChI is InChI=1S/C18H28O/c1-13(2)17-7-5-6-10-18(17,19)12-16-9-8-14(3)15(4)11-16/h8-9,11,13,17,19H,5-7,10,12H2,1-4H3. The fourth-order valence-corrected chi connectivity index (χ4v) is 3.69.